The van der Waals surface area contributed by atoms with Gasteiger partial charge in [-0.3, -0.25) is 0 Å². The van der Waals surface area contributed by atoms with Crippen LogP contribution in [0.25, 0.3) is 0 Å². The van der Waals surface area contributed by atoms with E-state index in [1.807, 2.05) is 0 Å². The smallest absolute Gasteiger partial charge is 0.261 e. The average Bonchev–Trinajstić information content (AvgIpc) is 2.56. The summed E-state index contributed by atoms with van der Waals surface area (Å²) in [4.78, 5) is 0. The first kappa shape index (κ1) is 19.7. The Morgan fingerprint density at radius 1 is 0.792 bits per heavy atom. The van der Waals surface area contributed by atoms with E-state index >= 15 is 0 Å². The highest BCUT2D eigenvalue weighted by molar-refractivity contribution is 14.1. The fourth-order valence-corrected chi connectivity index (χ4v) is 8.09. The number of halogens is 1. The summed E-state index contributed by atoms with van der Waals surface area (Å²) < 4.78 is 8.04. The summed E-state index contributed by atoms with van der Waals surface area (Å²) in [5.74, 6) is 0. The first-order valence-electron chi connectivity index (χ1n) is 8.54. The van der Waals surface area contributed by atoms with Crippen molar-refractivity contribution in [3.8, 4) is 0 Å². The first-order chi connectivity index (χ1) is 11.2. The Morgan fingerprint density at radius 2 is 1.21 bits per heavy atom. The van der Waals surface area contributed by atoms with E-state index in [1.54, 1.807) is 0 Å². The minimum Gasteiger partial charge on any atom is -0.407 e. The van der Waals surface area contributed by atoms with Crippen molar-refractivity contribution in [2.75, 3.05) is 11.0 Å². The van der Waals surface area contributed by atoms with Gasteiger partial charge in [0.1, 0.15) is 0 Å². The second-order valence-electron chi connectivity index (χ2n) is 8.25. The molecule has 0 spiro atoms. The van der Waals surface area contributed by atoms with Gasteiger partial charge in [-0.15, -0.1) is 0 Å². The van der Waals surface area contributed by atoms with Gasteiger partial charge in [0.15, 0.2) is 0 Å². The molecule has 3 heteroatoms. The van der Waals surface area contributed by atoms with Gasteiger partial charge in [-0.2, -0.15) is 0 Å². The molecule has 0 heterocycles. The lowest BCUT2D eigenvalue weighted by Gasteiger charge is -2.44. The summed E-state index contributed by atoms with van der Waals surface area (Å²) in [7, 11) is -2.38. The van der Waals surface area contributed by atoms with E-state index in [4.69, 9.17) is 4.43 Å². The number of hydrogen-bond donors (Lipinski definition) is 0. The quantitative estimate of drug-likeness (QED) is 0.340. The summed E-state index contributed by atoms with van der Waals surface area (Å²) in [6.07, 6.45) is 0. The molecule has 24 heavy (non-hydrogen) atoms. The normalized spacial score (nSPS) is 13.1. The highest BCUT2D eigenvalue weighted by Gasteiger charge is 2.50. The van der Waals surface area contributed by atoms with Crippen LogP contribution in [0.3, 0.4) is 0 Å². The van der Waals surface area contributed by atoms with Crippen LogP contribution in [-0.2, 0) is 4.43 Å². The molecular formula is C21H29IOSi. The van der Waals surface area contributed by atoms with E-state index in [0.29, 0.717) is 0 Å². The van der Waals surface area contributed by atoms with Crippen LogP contribution in [0, 0.1) is 5.41 Å². The fourth-order valence-electron chi connectivity index (χ4n) is 3.10. The van der Waals surface area contributed by atoms with Crippen LogP contribution in [0.2, 0.25) is 5.04 Å². The molecule has 0 aliphatic heterocycles. The van der Waals surface area contributed by atoms with Gasteiger partial charge in [0.2, 0.25) is 0 Å². The Kier molecular flexibility index (Phi) is 6.32. The van der Waals surface area contributed by atoms with E-state index in [-0.39, 0.29) is 10.5 Å². The predicted octanol–water partition coefficient (Wildman–Crippen LogP) is 5.02. The second kappa shape index (κ2) is 7.71. The van der Waals surface area contributed by atoms with Gasteiger partial charge in [-0.25, -0.2) is 0 Å². The summed E-state index contributed by atoms with van der Waals surface area (Å²) in [6.45, 7) is 12.3. The maximum atomic E-state index is 6.96. The van der Waals surface area contributed by atoms with E-state index < -0.39 is 8.32 Å². The molecule has 2 aromatic rings. The van der Waals surface area contributed by atoms with Crippen molar-refractivity contribution in [1.82, 2.24) is 0 Å². The van der Waals surface area contributed by atoms with Crippen LogP contribution in [0.1, 0.15) is 34.6 Å². The number of rotatable bonds is 6. The van der Waals surface area contributed by atoms with E-state index in [1.165, 1.54) is 10.4 Å². The summed E-state index contributed by atoms with van der Waals surface area (Å²) >= 11 is 2.47. The Labute approximate surface area is 162 Å². The van der Waals surface area contributed by atoms with Crippen molar-refractivity contribution in [2.24, 2.45) is 5.41 Å². The van der Waals surface area contributed by atoms with Gasteiger partial charge < -0.3 is 4.43 Å². The van der Waals surface area contributed by atoms with Crippen LogP contribution >= 0.6 is 22.6 Å². The molecule has 0 saturated heterocycles. The number of alkyl halides is 1. The monoisotopic (exact) mass is 452 g/mol. The van der Waals surface area contributed by atoms with Crippen molar-refractivity contribution >= 4 is 41.3 Å². The van der Waals surface area contributed by atoms with Crippen molar-refractivity contribution < 1.29 is 4.43 Å². The molecule has 0 bridgehead atoms. The van der Waals surface area contributed by atoms with E-state index in [2.05, 4.69) is 118 Å². The van der Waals surface area contributed by atoms with Gasteiger partial charge >= 0.3 is 0 Å². The lowest BCUT2D eigenvalue weighted by Crippen LogP contribution is -2.67. The van der Waals surface area contributed by atoms with Crippen LogP contribution in [-0.4, -0.2) is 19.4 Å². The highest BCUT2D eigenvalue weighted by atomic mass is 127. The summed E-state index contributed by atoms with van der Waals surface area (Å²) in [5.41, 5.74) is 0.174. The Bertz CT molecular complexity index is 592. The van der Waals surface area contributed by atoms with Crippen LogP contribution in [0.5, 0.6) is 0 Å². The zero-order chi connectivity index (χ0) is 17.8. The topological polar surface area (TPSA) is 9.23 Å². The molecular weight excluding hydrogens is 423 g/mol. The maximum absolute atomic E-state index is 6.96. The minimum absolute atomic E-state index is 0.0526. The molecule has 1 nitrogen and oxygen atoms in total. The minimum atomic E-state index is -2.38. The van der Waals surface area contributed by atoms with Crippen LogP contribution < -0.4 is 10.4 Å². The second-order valence-corrected chi connectivity index (χ2v) is 13.3. The molecule has 0 aliphatic rings. The third-order valence-corrected chi connectivity index (χ3v) is 11.5. The molecule has 0 saturated carbocycles. The van der Waals surface area contributed by atoms with Crippen molar-refractivity contribution in [3.05, 3.63) is 60.7 Å². The summed E-state index contributed by atoms with van der Waals surface area (Å²) in [6, 6.07) is 21.7. The Hall–Kier alpha value is -0.653. The van der Waals surface area contributed by atoms with Gasteiger partial charge in [0.05, 0.1) is 0 Å². The Balaban J connectivity index is 2.62. The number of benzene rings is 2. The van der Waals surface area contributed by atoms with Crippen molar-refractivity contribution in [2.45, 2.75) is 39.7 Å². The molecule has 2 rings (SSSR count). The molecule has 0 N–H and O–H groups in total. The molecule has 0 fully saturated rings. The molecule has 0 aromatic heterocycles. The average molecular weight is 452 g/mol. The van der Waals surface area contributed by atoms with Crippen LogP contribution in [0.4, 0.5) is 0 Å². The molecule has 0 amide bonds. The standard InChI is InChI=1S/C21H29IOSi/c1-20(2,3)24(18-12-8-6-9-13-18,19-14-10-7-11-15-19)23-17-21(4,5)16-22/h6-15H,16-17H2,1-5H3. The molecule has 2 aromatic carbocycles. The maximum Gasteiger partial charge on any atom is 0.261 e. The van der Waals surface area contributed by atoms with Crippen molar-refractivity contribution in [3.63, 3.8) is 0 Å². The number of hydrogen-bond acceptors (Lipinski definition) is 1. The third-order valence-electron chi connectivity index (χ3n) is 4.46. The van der Waals surface area contributed by atoms with E-state index in [0.717, 1.165) is 11.0 Å². The molecule has 0 atom stereocenters. The SMILES string of the molecule is CC(C)(CI)CO[Si](c1ccccc1)(c1ccccc1)C(C)(C)C. The van der Waals surface area contributed by atoms with Crippen LogP contribution in [0.15, 0.2) is 60.7 Å². The molecule has 0 unspecified atom stereocenters. The van der Waals surface area contributed by atoms with Crippen molar-refractivity contribution in [1.29, 1.82) is 0 Å². The van der Waals surface area contributed by atoms with Gasteiger partial charge in [0, 0.05) is 11.0 Å². The lowest BCUT2D eigenvalue weighted by molar-refractivity contribution is 0.193. The van der Waals surface area contributed by atoms with Gasteiger partial charge in [0.25, 0.3) is 8.32 Å². The lowest BCUT2D eigenvalue weighted by atomic mass is 9.99. The largest absolute Gasteiger partial charge is 0.407 e. The molecule has 130 valence electrons. The third kappa shape index (κ3) is 4.11. The first-order valence-corrected chi connectivity index (χ1v) is 12.0. The van der Waals surface area contributed by atoms with E-state index in [9.17, 15) is 0 Å². The zero-order valence-corrected chi connectivity index (χ0v) is 18.6. The fraction of sp³-hybridized carbons (Fsp3) is 0.429. The zero-order valence-electron chi connectivity index (χ0n) is 15.5. The Morgan fingerprint density at radius 3 is 1.54 bits per heavy atom. The summed E-state index contributed by atoms with van der Waals surface area (Å²) in [5, 5.41) is 2.76. The highest BCUT2D eigenvalue weighted by Crippen LogP contribution is 2.37. The predicted molar refractivity (Wildman–Crippen MR) is 116 cm³/mol. The van der Waals surface area contributed by atoms with Gasteiger partial charge in [-0.05, 0) is 20.8 Å². The van der Waals surface area contributed by atoms with Gasteiger partial charge in [-0.1, -0.05) is 118 Å². The molecule has 0 radical (unpaired) electrons. The molecule has 0 aliphatic carbocycles.